The molecule has 2 aromatic carbocycles. The fourth-order valence-electron chi connectivity index (χ4n) is 1.80. The maximum Gasteiger partial charge on any atom is 0.142 e. The van der Waals surface area contributed by atoms with Gasteiger partial charge in [-0.2, -0.15) is 0 Å². The standard InChI is InChI=1S/C16H18BrNO/c1-10(2)12-4-6-13(7-5-12)19-16-8-11(3)15(18)9-14(16)17/h4-10H,18H2,1-3H3. The van der Waals surface area contributed by atoms with Gasteiger partial charge in [-0.25, -0.2) is 0 Å². The van der Waals surface area contributed by atoms with Crippen LogP contribution in [0.5, 0.6) is 11.5 Å². The zero-order valence-electron chi connectivity index (χ0n) is 11.4. The molecule has 0 aliphatic carbocycles. The van der Waals surface area contributed by atoms with E-state index in [4.69, 9.17) is 10.5 Å². The van der Waals surface area contributed by atoms with E-state index in [1.807, 2.05) is 31.2 Å². The van der Waals surface area contributed by atoms with Gasteiger partial charge in [0, 0.05) is 5.69 Å². The minimum Gasteiger partial charge on any atom is -0.456 e. The molecule has 0 radical (unpaired) electrons. The molecule has 0 bridgehead atoms. The number of hydrogen-bond donors (Lipinski definition) is 1. The molecule has 100 valence electrons. The van der Waals surface area contributed by atoms with Crippen LogP contribution in [-0.4, -0.2) is 0 Å². The number of halogens is 1. The van der Waals surface area contributed by atoms with Crippen LogP contribution in [0.15, 0.2) is 40.9 Å². The molecule has 0 unspecified atom stereocenters. The molecule has 0 aromatic heterocycles. The molecule has 19 heavy (non-hydrogen) atoms. The van der Waals surface area contributed by atoms with Crippen LogP contribution in [0.2, 0.25) is 0 Å². The van der Waals surface area contributed by atoms with Gasteiger partial charge in [-0.05, 0) is 64.2 Å². The summed E-state index contributed by atoms with van der Waals surface area (Å²) in [5.74, 6) is 2.14. The second-order valence-electron chi connectivity index (χ2n) is 4.97. The zero-order chi connectivity index (χ0) is 14.0. The van der Waals surface area contributed by atoms with Crippen LogP contribution in [0.4, 0.5) is 5.69 Å². The van der Waals surface area contributed by atoms with Crippen molar-refractivity contribution in [2.24, 2.45) is 0 Å². The van der Waals surface area contributed by atoms with Crippen molar-refractivity contribution in [3.05, 3.63) is 52.0 Å². The molecule has 0 atom stereocenters. The highest BCUT2D eigenvalue weighted by atomic mass is 79.9. The van der Waals surface area contributed by atoms with Gasteiger partial charge in [0.25, 0.3) is 0 Å². The fraction of sp³-hybridized carbons (Fsp3) is 0.250. The maximum atomic E-state index is 5.88. The quantitative estimate of drug-likeness (QED) is 0.783. The number of anilines is 1. The van der Waals surface area contributed by atoms with Gasteiger partial charge in [0.1, 0.15) is 11.5 Å². The van der Waals surface area contributed by atoms with Gasteiger partial charge in [-0.1, -0.05) is 26.0 Å². The van der Waals surface area contributed by atoms with Gasteiger partial charge in [-0.3, -0.25) is 0 Å². The van der Waals surface area contributed by atoms with Crippen molar-refractivity contribution in [2.45, 2.75) is 26.7 Å². The van der Waals surface area contributed by atoms with E-state index in [0.717, 1.165) is 27.2 Å². The number of benzene rings is 2. The average molecular weight is 320 g/mol. The molecule has 0 fully saturated rings. The predicted molar refractivity (Wildman–Crippen MR) is 83.9 cm³/mol. The summed E-state index contributed by atoms with van der Waals surface area (Å²) in [7, 11) is 0. The maximum absolute atomic E-state index is 5.88. The van der Waals surface area contributed by atoms with E-state index in [9.17, 15) is 0 Å². The van der Waals surface area contributed by atoms with Crippen molar-refractivity contribution in [1.29, 1.82) is 0 Å². The minimum atomic E-state index is 0.527. The Morgan fingerprint density at radius 2 is 1.74 bits per heavy atom. The second kappa shape index (κ2) is 5.66. The molecule has 0 amide bonds. The third-order valence-corrected chi connectivity index (χ3v) is 3.71. The summed E-state index contributed by atoms with van der Waals surface area (Å²) >= 11 is 3.47. The lowest BCUT2D eigenvalue weighted by Crippen LogP contribution is -1.93. The van der Waals surface area contributed by atoms with E-state index in [1.54, 1.807) is 0 Å². The molecule has 3 heteroatoms. The van der Waals surface area contributed by atoms with Crippen molar-refractivity contribution >= 4 is 21.6 Å². The number of rotatable bonds is 3. The first-order valence-electron chi connectivity index (χ1n) is 6.31. The number of nitrogens with two attached hydrogens (primary N) is 1. The first kappa shape index (κ1) is 13.9. The molecule has 0 aliphatic rings. The lowest BCUT2D eigenvalue weighted by molar-refractivity contribution is 0.479. The molecule has 0 saturated heterocycles. The van der Waals surface area contributed by atoms with E-state index in [-0.39, 0.29) is 0 Å². The Morgan fingerprint density at radius 1 is 1.11 bits per heavy atom. The Bertz CT molecular complexity index is 576. The van der Waals surface area contributed by atoms with Crippen LogP contribution in [0, 0.1) is 6.92 Å². The second-order valence-corrected chi connectivity index (χ2v) is 5.82. The summed E-state index contributed by atoms with van der Waals surface area (Å²) in [4.78, 5) is 0. The summed E-state index contributed by atoms with van der Waals surface area (Å²) in [6, 6.07) is 12.0. The van der Waals surface area contributed by atoms with Gasteiger partial charge < -0.3 is 10.5 Å². The van der Waals surface area contributed by atoms with E-state index in [2.05, 4.69) is 41.9 Å². The molecule has 2 nitrogen and oxygen atoms in total. The van der Waals surface area contributed by atoms with E-state index < -0.39 is 0 Å². The van der Waals surface area contributed by atoms with E-state index in [1.165, 1.54) is 5.56 Å². The fourth-order valence-corrected chi connectivity index (χ4v) is 2.24. The van der Waals surface area contributed by atoms with Gasteiger partial charge in [0.05, 0.1) is 4.47 Å². The smallest absolute Gasteiger partial charge is 0.142 e. The van der Waals surface area contributed by atoms with Crippen molar-refractivity contribution in [2.75, 3.05) is 5.73 Å². The third kappa shape index (κ3) is 3.29. The van der Waals surface area contributed by atoms with Crippen LogP contribution in [-0.2, 0) is 0 Å². The molecule has 2 rings (SSSR count). The Morgan fingerprint density at radius 3 is 2.32 bits per heavy atom. The largest absolute Gasteiger partial charge is 0.456 e. The summed E-state index contributed by atoms with van der Waals surface area (Å²) < 4.78 is 6.74. The highest BCUT2D eigenvalue weighted by Crippen LogP contribution is 2.33. The van der Waals surface area contributed by atoms with Gasteiger partial charge >= 0.3 is 0 Å². The van der Waals surface area contributed by atoms with Crippen LogP contribution < -0.4 is 10.5 Å². The SMILES string of the molecule is Cc1cc(Oc2ccc(C(C)C)cc2)c(Br)cc1N. The molecule has 0 heterocycles. The number of ether oxygens (including phenoxy) is 1. The molecule has 0 spiro atoms. The Hall–Kier alpha value is -1.48. The minimum absolute atomic E-state index is 0.527. The van der Waals surface area contributed by atoms with Crippen molar-refractivity contribution < 1.29 is 4.74 Å². The van der Waals surface area contributed by atoms with E-state index in [0.29, 0.717) is 5.92 Å². The third-order valence-electron chi connectivity index (χ3n) is 3.10. The van der Waals surface area contributed by atoms with Crippen molar-refractivity contribution in [1.82, 2.24) is 0 Å². The van der Waals surface area contributed by atoms with Crippen LogP contribution in [0.3, 0.4) is 0 Å². The van der Waals surface area contributed by atoms with Crippen molar-refractivity contribution in [3.8, 4) is 11.5 Å². The number of hydrogen-bond acceptors (Lipinski definition) is 2. The van der Waals surface area contributed by atoms with Gasteiger partial charge in [0.2, 0.25) is 0 Å². The van der Waals surface area contributed by atoms with Gasteiger partial charge in [-0.15, -0.1) is 0 Å². The molecule has 2 aromatic rings. The van der Waals surface area contributed by atoms with Gasteiger partial charge in [0.15, 0.2) is 0 Å². The molecule has 2 N–H and O–H groups in total. The summed E-state index contributed by atoms with van der Waals surface area (Å²) in [5, 5.41) is 0. The molecular weight excluding hydrogens is 302 g/mol. The normalized spacial score (nSPS) is 10.8. The zero-order valence-corrected chi connectivity index (χ0v) is 13.0. The Kier molecular flexibility index (Phi) is 4.15. The lowest BCUT2D eigenvalue weighted by atomic mass is 10.0. The topological polar surface area (TPSA) is 35.2 Å². The first-order chi connectivity index (χ1) is 8.97. The number of nitrogen functional groups attached to an aromatic ring is 1. The first-order valence-corrected chi connectivity index (χ1v) is 7.10. The van der Waals surface area contributed by atoms with Crippen LogP contribution in [0.1, 0.15) is 30.9 Å². The summed E-state index contributed by atoms with van der Waals surface area (Å²) in [6.45, 7) is 6.32. The summed E-state index contributed by atoms with van der Waals surface area (Å²) in [6.07, 6.45) is 0. The average Bonchev–Trinajstić information content (AvgIpc) is 2.36. The molecule has 0 saturated carbocycles. The Labute approximate surface area is 122 Å². The monoisotopic (exact) mass is 319 g/mol. The highest BCUT2D eigenvalue weighted by molar-refractivity contribution is 9.10. The molecular formula is C16H18BrNO. The van der Waals surface area contributed by atoms with Crippen molar-refractivity contribution in [3.63, 3.8) is 0 Å². The van der Waals surface area contributed by atoms with Crippen LogP contribution >= 0.6 is 15.9 Å². The summed E-state index contributed by atoms with van der Waals surface area (Å²) in [5.41, 5.74) is 8.93. The number of aryl methyl sites for hydroxylation is 1. The van der Waals surface area contributed by atoms with Crippen LogP contribution in [0.25, 0.3) is 0 Å². The Balaban J connectivity index is 2.24. The van der Waals surface area contributed by atoms with E-state index >= 15 is 0 Å². The predicted octanol–water partition coefficient (Wildman–Crippen LogP) is 5.26. The lowest BCUT2D eigenvalue weighted by Gasteiger charge is -2.11. The molecule has 0 aliphatic heterocycles. The highest BCUT2D eigenvalue weighted by Gasteiger charge is 2.06.